The van der Waals surface area contributed by atoms with Crippen LogP contribution in [0.1, 0.15) is 29.3 Å². The highest BCUT2D eigenvalue weighted by Gasteiger charge is 2.26. The first-order chi connectivity index (χ1) is 12.3. The number of likely N-dealkylation sites (tertiary alicyclic amines) is 1. The number of carbonyl (C=O) groups excluding carboxylic acids is 1. The Morgan fingerprint density at radius 3 is 2.64 bits per heavy atom. The van der Waals surface area contributed by atoms with E-state index in [0.29, 0.717) is 12.3 Å². The Morgan fingerprint density at radius 2 is 1.92 bits per heavy atom. The standard InChI is InChI=1S/C19H19N3O2S/c23-17(13-14-5-2-1-3-6-14)22-10-8-15(9-11-22)18-20-21-19(25-18)16-7-4-12-24-16/h1-7,12,15H,8-11,13H2. The van der Waals surface area contributed by atoms with Crippen LogP contribution in [0.2, 0.25) is 0 Å². The van der Waals surface area contributed by atoms with Crippen LogP contribution in [0.4, 0.5) is 0 Å². The molecule has 25 heavy (non-hydrogen) atoms. The Balaban J connectivity index is 1.34. The van der Waals surface area contributed by atoms with Gasteiger partial charge < -0.3 is 9.32 Å². The predicted molar refractivity (Wildman–Crippen MR) is 96.3 cm³/mol. The summed E-state index contributed by atoms with van der Waals surface area (Å²) in [5, 5.41) is 10.4. The molecule has 1 amide bonds. The third-order valence-corrected chi connectivity index (χ3v) is 5.67. The molecule has 1 saturated heterocycles. The molecule has 1 aromatic carbocycles. The molecule has 3 aromatic rings. The Kier molecular flexibility index (Phi) is 4.61. The second-order valence-corrected chi connectivity index (χ2v) is 7.25. The van der Waals surface area contributed by atoms with Crippen molar-refractivity contribution in [3.8, 4) is 10.8 Å². The molecule has 0 radical (unpaired) electrons. The molecular weight excluding hydrogens is 334 g/mol. The van der Waals surface area contributed by atoms with E-state index in [2.05, 4.69) is 10.2 Å². The molecule has 128 valence electrons. The number of nitrogens with zero attached hydrogens (tertiary/aromatic N) is 3. The van der Waals surface area contributed by atoms with Crippen LogP contribution in [-0.2, 0) is 11.2 Å². The average Bonchev–Trinajstić information content (AvgIpc) is 3.34. The SMILES string of the molecule is O=C(Cc1ccccc1)N1CCC(c2nnc(-c3ccco3)s2)CC1. The molecule has 0 aliphatic carbocycles. The maximum Gasteiger partial charge on any atom is 0.226 e. The average molecular weight is 353 g/mol. The Bertz CT molecular complexity index is 821. The van der Waals surface area contributed by atoms with Crippen LogP contribution in [0.15, 0.2) is 53.1 Å². The highest BCUT2D eigenvalue weighted by atomic mass is 32.1. The Labute approximate surface area is 150 Å². The lowest BCUT2D eigenvalue weighted by molar-refractivity contribution is -0.131. The van der Waals surface area contributed by atoms with E-state index >= 15 is 0 Å². The molecule has 0 bridgehead atoms. The molecule has 1 fully saturated rings. The van der Waals surface area contributed by atoms with Crippen molar-refractivity contribution >= 4 is 17.2 Å². The van der Waals surface area contributed by atoms with Crippen molar-refractivity contribution in [1.29, 1.82) is 0 Å². The van der Waals surface area contributed by atoms with Crippen molar-refractivity contribution in [2.45, 2.75) is 25.2 Å². The van der Waals surface area contributed by atoms with Crippen LogP contribution in [0.3, 0.4) is 0 Å². The number of hydrogen-bond donors (Lipinski definition) is 0. The molecule has 1 aliphatic rings. The summed E-state index contributed by atoms with van der Waals surface area (Å²) >= 11 is 1.59. The summed E-state index contributed by atoms with van der Waals surface area (Å²) in [7, 11) is 0. The van der Waals surface area contributed by atoms with Gasteiger partial charge in [-0.15, -0.1) is 10.2 Å². The fraction of sp³-hybridized carbons (Fsp3) is 0.316. The summed E-state index contributed by atoms with van der Waals surface area (Å²) in [5.74, 6) is 1.35. The van der Waals surface area contributed by atoms with Crippen molar-refractivity contribution in [3.63, 3.8) is 0 Å². The highest BCUT2D eigenvalue weighted by Crippen LogP contribution is 2.33. The molecule has 0 unspecified atom stereocenters. The van der Waals surface area contributed by atoms with Gasteiger partial charge in [0.05, 0.1) is 12.7 Å². The van der Waals surface area contributed by atoms with E-state index in [-0.39, 0.29) is 5.91 Å². The zero-order valence-corrected chi connectivity index (χ0v) is 14.6. The summed E-state index contributed by atoms with van der Waals surface area (Å²) in [6.07, 6.45) is 4.00. The van der Waals surface area contributed by atoms with Crippen molar-refractivity contribution in [2.24, 2.45) is 0 Å². The monoisotopic (exact) mass is 353 g/mol. The minimum absolute atomic E-state index is 0.207. The van der Waals surface area contributed by atoms with Crippen LogP contribution < -0.4 is 0 Å². The first-order valence-electron chi connectivity index (χ1n) is 8.48. The third kappa shape index (κ3) is 3.64. The van der Waals surface area contributed by atoms with E-state index in [0.717, 1.165) is 47.3 Å². The second kappa shape index (κ2) is 7.19. The smallest absolute Gasteiger partial charge is 0.226 e. The van der Waals surface area contributed by atoms with Crippen LogP contribution in [0.25, 0.3) is 10.8 Å². The molecule has 1 aliphatic heterocycles. The van der Waals surface area contributed by atoms with Gasteiger partial charge in [0.25, 0.3) is 0 Å². The second-order valence-electron chi connectivity index (χ2n) is 6.24. The minimum Gasteiger partial charge on any atom is -0.462 e. The molecule has 6 heteroatoms. The molecule has 5 nitrogen and oxygen atoms in total. The third-order valence-electron chi connectivity index (χ3n) is 4.57. The quantitative estimate of drug-likeness (QED) is 0.717. The summed E-state index contributed by atoms with van der Waals surface area (Å²) in [4.78, 5) is 14.4. The number of carbonyl (C=O) groups is 1. The van der Waals surface area contributed by atoms with Crippen LogP contribution >= 0.6 is 11.3 Å². The molecule has 0 atom stereocenters. The minimum atomic E-state index is 0.207. The highest BCUT2D eigenvalue weighted by molar-refractivity contribution is 7.14. The lowest BCUT2D eigenvalue weighted by atomic mass is 9.97. The van der Waals surface area contributed by atoms with Gasteiger partial charge in [0.1, 0.15) is 5.01 Å². The summed E-state index contributed by atoms with van der Waals surface area (Å²) in [6, 6.07) is 13.7. The largest absolute Gasteiger partial charge is 0.462 e. The van der Waals surface area contributed by atoms with Crippen molar-refractivity contribution in [3.05, 3.63) is 59.3 Å². The molecular formula is C19H19N3O2S. The fourth-order valence-corrected chi connectivity index (χ4v) is 4.14. The summed E-state index contributed by atoms with van der Waals surface area (Å²) < 4.78 is 5.38. The fourth-order valence-electron chi connectivity index (χ4n) is 3.16. The van der Waals surface area contributed by atoms with Crippen LogP contribution in [0.5, 0.6) is 0 Å². The molecule has 3 heterocycles. The zero-order valence-electron chi connectivity index (χ0n) is 13.8. The van der Waals surface area contributed by atoms with Gasteiger partial charge in [-0.1, -0.05) is 41.7 Å². The molecule has 0 spiro atoms. The maximum absolute atomic E-state index is 12.5. The van der Waals surface area contributed by atoms with Crippen molar-refractivity contribution in [1.82, 2.24) is 15.1 Å². The molecule has 0 saturated carbocycles. The van der Waals surface area contributed by atoms with Gasteiger partial charge in [0.15, 0.2) is 10.8 Å². The lowest BCUT2D eigenvalue weighted by Crippen LogP contribution is -2.38. The van der Waals surface area contributed by atoms with E-state index < -0.39 is 0 Å². The van der Waals surface area contributed by atoms with E-state index in [1.165, 1.54) is 0 Å². The number of furan rings is 1. The van der Waals surface area contributed by atoms with Gasteiger partial charge in [-0.2, -0.15) is 0 Å². The lowest BCUT2D eigenvalue weighted by Gasteiger charge is -2.31. The van der Waals surface area contributed by atoms with Gasteiger partial charge in [-0.25, -0.2) is 0 Å². The van der Waals surface area contributed by atoms with Gasteiger partial charge in [0, 0.05) is 19.0 Å². The molecule has 2 aromatic heterocycles. The number of hydrogen-bond acceptors (Lipinski definition) is 5. The predicted octanol–water partition coefficient (Wildman–Crippen LogP) is 3.75. The number of amides is 1. The number of aromatic nitrogens is 2. The summed E-state index contributed by atoms with van der Waals surface area (Å²) in [5.41, 5.74) is 1.07. The van der Waals surface area contributed by atoms with Crippen molar-refractivity contribution < 1.29 is 9.21 Å². The van der Waals surface area contributed by atoms with Crippen LogP contribution in [-0.4, -0.2) is 34.1 Å². The Hall–Kier alpha value is -2.47. The normalized spacial score (nSPS) is 15.4. The van der Waals surface area contributed by atoms with E-state index in [4.69, 9.17) is 4.42 Å². The molecule has 0 N–H and O–H groups in total. The number of piperidine rings is 1. The van der Waals surface area contributed by atoms with Crippen LogP contribution in [0, 0.1) is 0 Å². The van der Waals surface area contributed by atoms with Gasteiger partial charge in [0.2, 0.25) is 5.91 Å². The first kappa shape index (κ1) is 16.0. The topological polar surface area (TPSA) is 59.2 Å². The first-order valence-corrected chi connectivity index (χ1v) is 9.30. The Morgan fingerprint density at radius 1 is 1.12 bits per heavy atom. The maximum atomic E-state index is 12.5. The number of benzene rings is 1. The van der Waals surface area contributed by atoms with Gasteiger partial charge in [-0.3, -0.25) is 4.79 Å². The van der Waals surface area contributed by atoms with Crippen molar-refractivity contribution in [2.75, 3.05) is 13.1 Å². The van der Waals surface area contributed by atoms with E-state index in [1.54, 1.807) is 17.6 Å². The van der Waals surface area contributed by atoms with E-state index in [9.17, 15) is 4.79 Å². The zero-order chi connectivity index (χ0) is 17.1. The van der Waals surface area contributed by atoms with E-state index in [1.807, 2.05) is 47.4 Å². The summed E-state index contributed by atoms with van der Waals surface area (Å²) in [6.45, 7) is 1.57. The van der Waals surface area contributed by atoms with Gasteiger partial charge in [-0.05, 0) is 30.5 Å². The van der Waals surface area contributed by atoms with Gasteiger partial charge >= 0.3 is 0 Å². The number of rotatable bonds is 4. The molecule has 4 rings (SSSR count).